The first-order valence-corrected chi connectivity index (χ1v) is 9.77. The van der Waals surface area contributed by atoms with Crippen LogP contribution >= 0.6 is 0 Å². The van der Waals surface area contributed by atoms with Crippen molar-refractivity contribution in [3.63, 3.8) is 0 Å². The molecule has 0 aromatic heterocycles. The summed E-state index contributed by atoms with van der Waals surface area (Å²) < 4.78 is 56.6. The van der Waals surface area contributed by atoms with Crippen LogP contribution in [0.5, 0.6) is 0 Å². The molecule has 2 rings (SSSR count). The van der Waals surface area contributed by atoms with Crippen molar-refractivity contribution in [3.05, 3.63) is 0 Å². The molecule has 0 radical (unpaired) electrons. The number of methoxy groups -OCH3 is 7. The molecule has 30 heavy (non-hydrogen) atoms. The molecule has 178 valence electrons. The van der Waals surface area contributed by atoms with Crippen molar-refractivity contribution in [2.45, 2.75) is 61.4 Å². The summed E-state index contributed by atoms with van der Waals surface area (Å²) in [6, 6.07) is 0. The van der Waals surface area contributed by atoms with E-state index in [1.54, 1.807) is 28.4 Å². The minimum Gasteiger partial charge on any atom is -0.382 e. The lowest BCUT2D eigenvalue weighted by Crippen LogP contribution is -2.65. The molecule has 2 aliphatic rings. The van der Waals surface area contributed by atoms with E-state index in [2.05, 4.69) is 0 Å². The summed E-state index contributed by atoms with van der Waals surface area (Å²) in [6.45, 7) is 0.433. The van der Waals surface area contributed by atoms with Gasteiger partial charge in [-0.2, -0.15) is 0 Å². The quantitative estimate of drug-likeness (QED) is 0.435. The zero-order valence-corrected chi connectivity index (χ0v) is 18.7. The molecule has 11 heteroatoms. The van der Waals surface area contributed by atoms with Crippen LogP contribution in [0.15, 0.2) is 0 Å². The first kappa shape index (κ1) is 25.8. The third kappa shape index (κ3) is 5.48. The fourth-order valence-electron chi connectivity index (χ4n) is 4.12. The number of aliphatic hydroxyl groups is 1. The summed E-state index contributed by atoms with van der Waals surface area (Å²) >= 11 is 0. The average Bonchev–Trinajstić information content (AvgIpc) is 2.74. The molecule has 1 N–H and O–H groups in total. The Hall–Kier alpha value is -0.440. The molecule has 0 spiro atoms. The second kappa shape index (κ2) is 12.6. The lowest BCUT2D eigenvalue weighted by molar-refractivity contribution is -0.363. The number of rotatable bonds is 11. The van der Waals surface area contributed by atoms with E-state index in [0.717, 1.165) is 0 Å². The molecule has 4 unspecified atom stereocenters. The fraction of sp³-hybridized carbons (Fsp3) is 1.00. The SMILES string of the molecule is COCC1O[C@@H](O[C@@H]2C(COC)O[C@@H](O)C(OC)[C@H]2OC)C(OC)[C@@H](OC)[C@@H]1OC. The fourth-order valence-corrected chi connectivity index (χ4v) is 4.12. The molecule has 0 aromatic rings. The van der Waals surface area contributed by atoms with Gasteiger partial charge in [0.25, 0.3) is 0 Å². The monoisotopic (exact) mass is 440 g/mol. The van der Waals surface area contributed by atoms with E-state index < -0.39 is 61.4 Å². The van der Waals surface area contributed by atoms with Crippen molar-refractivity contribution in [2.75, 3.05) is 63.0 Å². The summed E-state index contributed by atoms with van der Waals surface area (Å²) in [5, 5.41) is 10.3. The van der Waals surface area contributed by atoms with Gasteiger partial charge in [-0.25, -0.2) is 0 Å². The molecule has 10 atom stereocenters. The van der Waals surface area contributed by atoms with E-state index in [-0.39, 0.29) is 13.2 Å². The number of aliphatic hydroxyl groups excluding tert-OH is 1. The molecule has 0 bridgehead atoms. The maximum absolute atomic E-state index is 10.3. The van der Waals surface area contributed by atoms with Crippen molar-refractivity contribution < 1.29 is 52.5 Å². The van der Waals surface area contributed by atoms with Gasteiger partial charge in [0.15, 0.2) is 12.6 Å². The van der Waals surface area contributed by atoms with Gasteiger partial charge in [0.05, 0.1) is 13.2 Å². The first-order chi connectivity index (χ1) is 14.5. The largest absolute Gasteiger partial charge is 0.382 e. The predicted molar refractivity (Wildman–Crippen MR) is 102 cm³/mol. The minimum atomic E-state index is -1.20. The van der Waals surface area contributed by atoms with Gasteiger partial charge in [-0.1, -0.05) is 0 Å². The van der Waals surface area contributed by atoms with E-state index in [0.29, 0.717) is 0 Å². The van der Waals surface area contributed by atoms with Crippen LogP contribution in [-0.4, -0.2) is 130 Å². The third-order valence-electron chi connectivity index (χ3n) is 5.51. The summed E-state index contributed by atoms with van der Waals surface area (Å²) in [5.74, 6) is 0. The highest BCUT2D eigenvalue weighted by atomic mass is 16.7. The number of ether oxygens (including phenoxy) is 10. The van der Waals surface area contributed by atoms with Gasteiger partial charge >= 0.3 is 0 Å². The van der Waals surface area contributed by atoms with Crippen molar-refractivity contribution in [1.29, 1.82) is 0 Å². The van der Waals surface area contributed by atoms with Crippen molar-refractivity contribution in [2.24, 2.45) is 0 Å². The molecule has 0 amide bonds. The Balaban J connectivity index is 2.31. The summed E-state index contributed by atoms with van der Waals surface area (Å²) in [5.41, 5.74) is 0. The van der Waals surface area contributed by atoms with Crippen LogP contribution in [0, 0.1) is 0 Å². The van der Waals surface area contributed by atoms with Crippen LogP contribution in [0.4, 0.5) is 0 Å². The molecule has 0 aliphatic carbocycles. The Labute approximate surface area is 177 Å². The lowest BCUT2D eigenvalue weighted by Gasteiger charge is -2.48. The van der Waals surface area contributed by atoms with E-state index in [9.17, 15) is 5.11 Å². The van der Waals surface area contributed by atoms with Crippen LogP contribution in [0.25, 0.3) is 0 Å². The maximum Gasteiger partial charge on any atom is 0.187 e. The number of hydrogen-bond donors (Lipinski definition) is 1. The summed E-state index contributed by atoms with van der Waals surface area (Å²) in [7, 11) is 10.8. The van der Waals surface area contributed by atoms with E-state index in [1.807, 2.05) is 0 Å². The predicted octanol–water partition coefficient (Wildman–Crippen LogP) is -0.818. The second-order valence-electron chi connectivity index (χ2n) is 7.12. The zero-order valence-electron chi connectivity index (χ0n) is 18.7. The topological polar surface area (TPSA) is 113 Å². The Morgan fingerprint density at radius 2 is 1.03 bits per heavy atom. The molecule has 0 saturated carbocycles. The van der Waals surface area contributed by atoms with Crippen LogP contribution in [0.2, 0.25) is 0 Å². The Kier molecular flexibility index (Phi) is 10.8. The molecule has 2 saturated heterocycles. The maximum atomic E-state index is 10.3. The highest BCUT2D eigenvalue weighted by Crippen LogP contribution is 2.33. The third-order valence-corrected chi connectivity index (χ3v) is 5.51. The van der Waals surface area contributed by atoms with E-state index in [4.69, 9.17) is 47.4 Å². The van der Waals surface area contributed by atoms with Gasteiger partial charge in [0, 0.05) is 49.8 Å². The van der Waals surface area contributed by atoms with Crippen LogP contribution < -0.4 is 0 Å². The highest BCUT2D eigenvalue weighted by molar-refractivity contribution is 4.96. The molecular weight excluding hydrogens is 404 g/mol. The first-order valence-electron chi connectivity index (χ1n) is 9.77. The number of hydrogen-bond acceptors (Lipinski definition) is 11. The van der Waals surface area contributed by atoms with Gasteiger partial charge in [-0.05, 0) is 0 Å². The summed E-state index contributed by atoms with van der Waals surface area (Å²) in [4.78, 5) is 0. The van der Waals surface area contributed by atoms with Gasteiger partial charge in [0.2, 0.25) is 0 Å². The standard InChI is InChI=1S/C19H36O11/c1-21-8-10-12(23-3)14(24-4)17(27-7)19(29-10)30-13-11(9-22-2)28-18(20)16(26-6)15(13)25-5/h10-20H,8-9H2,1-7H3/t10?,11?,12-,13-,14+,15+,16?,17?,18-,19+/m1/s1. The molecule has 2 fully saturated rings. The van der Waals surface area contributed by atoms with Crippen molar-refractivity contribution in [3.8, 4) is 0 Å². The molecule has 2 aliphatic heterocycles. The molecule has 2 heterocycles. The lowest BCUT2D eigenvalue weighted by atomic mass is 9.96. The van der Waals surface area contributed by atoms with Gasteiger partial charge < -0.3 is 52.5 Å². The second-order valence-corrected chi connectivity index (χ2v) is 7.12. The van der Waals surface area contributed by atoms with Crippen molar-refractivity contribution >= 4 is 0 Å². The van der Waals surface area contributed by atoms with Crippen LogP contribution in [0.3, 0.4) is 0 Å². The Morgan fingerprint density at radius 3 is 1.50 bits per heavy atom. The minimum absolute atomic E-state index is 0.165. The Morgan fingerprint density at radius 1 is 0.567 bits per heavy atom. The molecular formula is C19H36O11. The van der Waals surface area contributed by atoms with Crippen molar-refractivity contribution in [1.82, 2.24) is 0 Å². The average molecular weight is 440 g/mol. The van der Waals surface area contributed by atoms with Crippen LogP contribution in [0.1, 0.15) is 0 Å². The van der Waals surface area contributed by atoms with Crippen LogP contribution in [-0.2, 0) is 47.4 Å². The smallest absolute Gasteiger partial charge is 0.187 e. The zero-order chi connectivity index (χ0) is 22.3. The van der Waals surface area contributed by atoms with Gasteiger partial charge in [0.1, 0.15) is 48.8 Å². The normalized spacial score (nSPS) is 42.4. The molecule has 0 aromatic carbocycles. The molecule has 11 nitrogen and oxygen atoms in total. The van der Waals surface area contributed by atoms with E-state index >= 15 is 0 Å². The Bertz CT molecular complexity index is 481. The van der Waals surface area contributed by atoms with E-state index in [1.165, 1.54) is 21.3 Å². The summed E-state index contributed by atoms with van der Waals surface area (Å²) in [6.07, 6.45) is -6.77. The highest BCUT2D eigenvalue weighted by Gasteiger charge is 2.52. The van der Waals surface area contributed by atoms with Gasteiger partial charge in [-0.15, -0.1) is 0 Å². The van der Waals surface area contributed by atoms with Gasteiger partial charge in [-0.3, -0.25) is 0 Å².